The molecule has 1 aliphatic rings. The molecular formula is C24H18F2N4O4. The van der Waals surface area contributed by atoms with Gasteiger partial charge in [-0.2, -0.15) is 0 Å². The van der Waals surface area contributed by atoms with Gasteiger partial charge in [-0.3, -0.25) is 10.1 Å². The van der Waals surface area contributed by atoms with Crippen LogP contribution in [0.4, 0.5) is 25.0 Å². The van der Waals surface area contributed by atoms with Gasteiger partial charge < -0.3 is 14.6 Å². The number of aromatic nitrogens is 1. The van der Waals surface area contributed by atoms with E-state index in [1.165, 1.54) is 36.4 Å². The summed E-state index contributed by atoms with van der Waals surface area (Å²) in [7, 11) is 0. The molecule has 2 heterocycles. The van der Waals surface area contributed by atoms with Gasteiger partial charge in [-0.15, -0.1) is 0 Å². The number of hydrogen-bond acceptors (Lipinski definition) is 5. The zero-order valence-corrected chi connectivity index (χ0v) is 17.7. The molecule has 0 unspecified atom stereocenters. The summed E-state index contributed by atoms with van der Waals surface area (Å²) in [6, 6.07) is 13.2. The van der Waals surface area contributed by atoms with Crippen LogP contribution in [-0.4, -0.2) is 27.4 Å². The average Bonchev–Trinajstić information content (AvgIpc) is 3.46. The van der Waals surface area contributed by atoms with Crippen LogP contribution in [0.25, 0.3) is 22.2 Å². The third kappa shape index (κ3) is 4.05. The van der Waals surface area contributed by atoms with Gasteiger partial charge in [-0.25, -0.2) is 18.6 Å². The summed E-state index contributed by atoms with van der Waals surface area (Å²) in [6.07, 6.45) is 1.41. The summed E-state index contributed by atoms with van der Waals surface area (Å²) in [4.78, 5) is 29.3. The minimum Gasteiger partial charge on any atom is -0.438 e. The third-order valence-corrected chi connectivity index (χ3v) is 5.77. The van der Waals surface area contributed by atoms with Crippen molar-refractivity contribution in [2.45, 2.75) is 18.9 Å². The summed E-state index contributed by atoms with van der Waals surface area (Å²) in [5, 5.41) is 13.6. The molecule has 1 fully saturated rings. The number of nitrogens with zero attached hydrogens (tertiary/aromatic N) is 3. The lowest BCUT2D eigenvalue weighted by Crippen LogP contribution is -2.34. The molecule has 3 aromatic carbocycles. The molecule has 0 saturated carbocycles. The monoisotopic (exact) mass is 464 g/mol. The summed E-state index contributed by atoms with van der Waals surface area (Å²) >= 11 is 0. The number of fused-ring (bicyclic) bond motifs is 1. The molecule has 1 saturated heterocycles. The number of likely N-dealkylation sites (tertiary alicyclic amines) is 1. The lowest BCUT2D eigenvalue weighted by molar-refractivity contribution is -0.384. The van der Waals surface area contributed by atoms with Gasteiger partial charge in [0, 0.05) is 36.0 Å². The first-order chi connectivity index (χ1) is 16.4. The second kappa shape index (κ2) is 8.54. The van der Waals surface area contributed by atoms with E-state index < -0.39 is 22.6 Å². The fraction of sp³-hybridized carbons (Fsp3) is 0.167. The van der Waals surface area contributed by atoms with Crippen LogP contribution in [-0.2, 0) is 0 Å². The summed E-state index contributed by atoms with van der Waals surface area (Å²) in [6.45, 7) is 0.494. The number of oxazole rings is 1. The summed E-state index contributed by atoms with van der Waals surface area (Å²) < 4.78 is 33.4. The minimum atomic E-state index is -0.673. The molecule has 1 aliphatic heterocycles. The van der Waals surface area contributed by atoms with Gasteiger partial charge in [0.25, 0.3) is 5.69 Å². The predicted octanol–water partition coefficient (Wildman–Crippen LogP) is 6.05. The zero-order valence-electron chi connectivity index (χ0n) is 17.7. The number of nitrogens with one attached hydrogen (secondary N) is 1. The first kappa shape index (κ1) is 21.5. The highest BCUT2D eigenvalue weighted by Crippen LogP contribution is 2.35. The van der Waals surface area contributed by atoms with Crippen molar-refractivity contribution < 1.29 is 22.9 Å². The number of non-ortho nitro benzene ring substituents is 1. The largest absolute Gasteiger partial charge is 0.438 e. The quantitative estimate of drug-likeness (QED) is 0.293. The normalized spacial score (nSPS) is 15.6. The maximum absolute atomic E-state index is 14.2. The van der Waals surface area contributed by atoms with E-state index in [0.717, 1.165) is 12.5 Å². The highest BCUT2D eigenvalue weighted by molar-refractivity contribution is 5.90. The molecule has 0 spiro atoms. The Labute approximate surface area is 192 Å². The van der Waals surface area contributed by atoms with Gasteiger partial charge in [0.15, 0.2) is 5.58 Å². The summed E-state index contributed by atoms with van der Waals surface area (Å²) in [5.74, 6) is -0.963. The number of amides is 2. The molecular weight excluding hydrogens is 446 g/mol. The third-order valence-electron chi connectivity index (χ3n) is 5.77. The van der Waals surface area contributed by atoms with Crippen LogP contribution < -0.4 is 5.32 Å². The number of nitro groups is 1. The van der Waals surface area contributed by atoms with E-state index >= 15 is 0 Å². The number of carbonyl (C=O) groups is 1. The Morgan fingerprint density at radius 1 is 1.12 bits per heavy atom. The van der Waals surface area contributed by atoms with E-state index in [4.69, 9.17) is 4.42 Å². The molecule has 8 nitrogen and oxygen atoms in total. The predicted molar refractivity (Wildman–Crippen MR) is 120 cm³/mol. The van der Waals surface area contributed by atoms with Crippen LogP contribution in [0, 0.1) is 21.7 Å². The van der Waals surface area contributed by atoms with E-state index in [0.29, 0.717) is 41.2 Å². The molecule has 1 atom stereocenters. The van der Waals surface area contributed by atoms with Crippen molar-refractivity contribution in [2.75, 3.05) is 11.9 Å². The van der Waals surface area contributed by atoms with Crippen LogP contribution in [0.1, 0.15) is 24.8 Å². The van der Waals surface area contributed by atoms with Crippen molar-refractivity contribution in [3.63, 3.8) is 0 Å². The number of hydrogen-bond donors (Lipinski definition) is 1. The fourth-order valence-corrected chi connectivity index (χ4v) is 4.11. The first-order valence-electron chi connectivity index (χ1n) is 10.6. The number of nitro benzene ring substituents is 1. The summed E-state index contributed by atoms with van der Waals surface area (Å²) in [5.41, 5.74) is 2.14. The lowest BCUT2D eigenvalue weighted by Gasteiger charge is -2.22. The number of anilines is 1. The standard InChI is InChI=1S/C24H18F2N4O4/c25-15-4-9-18(19(26)13-15)14-3-10-22-20(12-14)28-23(34-22)21-2-1-11-29(21)24(31)27-16-5-7-17(8-6-16)30(32)33/h3-10,12-13,21H,1-2,11H2,(H,27,31)/t21-/m1/s1. The van der Waals surface area contributed by atoms with E-state index in [2.05, 4.69) is 10.3 Å². The van der Waals surface area contributed by atoms with Crippen LogP contribution in [0.15, 0.2) is 65.1 Å². The van der Waals surface area contributed by atoms with E-state index in [1.54, 1.807) is 23.1 Å². The Bertz CT molecular complexity index is 1400. The number of carbonyl (C=O) groups excluding carboxylic acids is 1. The van der Waals surface area contributed by atoms with Gasteiger partial charge in [-0.05, 0) is 54.8 Å². The minimum absolute atomic E-state index is 0.0663. The van der Waals surface area contributed by atoms with Crippen LogP contribution in [0.5, 0.6) is 0 Å². The van der Waals surface area contributed by atoms with Crippen molar-refractivity contribution in [3.05, 3.63) is 88.3 Å². The van der Waals surface area contributed by atoms with Gasteiger partial charge in [0.2, 0.25) is 5.89 Å². The number of rotatable bonds is 4. The highest BCUT2D eigenvalue weighted by Gasteiger charge is 2.33. The highest BCUT2D eigenvalue weighted by atomic mass is 19.1. The topological polar surface area (TPSA) is 102 Å². The SMILES string of the molecule is O=C(Nc1ccc([N+](=O)[O-])cc1)N1CCC[C@@H]1c1nc2cc(-c3ccc(F)cc3F)ccc2o1. The van der Waals surface area contributed by atoms with Crippen molar-refractivity contribution in [1.29, 1.82) is 0 Å². The van der Waals surface area contributed by atoms with E-state index in [9.17, 15) is 23.7 Å². The molecule has 4 aromatic rings. The molecule has 10 heteroatoms. The molecule has 1 aromatic heterocycles. The van der Waals surface area contributed by atoms with Gasteiger partial charge in [-0.1, -0.05) is 6.07 Å². The van der Waals surface area contributed by atoms with Crippen molar-refractivity contribution in [2.24, 2.45) is 0 Å². The van der Waals surface area contributed by atoms with Crippen LogP contribution in [0.3, 0.4) is 0 Å². The van der Waals surface area contributed by atoms with Crippen molar-refractivity contribution in [1.82, 2.24) is 9.88 Å². The van der Waals surface area contributed by atoms with Crippen LogP contribution in [0.2, 0.25) is 0 Å². The molecule has 0 aliphatic carbocycles. The number of benzene rings is 3. The van der Waals surface area contributed by atoms with E-state index in [1.807, 2.05) is 0 Å². The van der Waals surface area contributed by atoms with Gasteiger partial charge in [0.1, 0.15) is 23.2 Å². The molecule has 172 valence electrons. The first-order valence-corrected chi connectivity index (χ1v) is 10.6. The molecule has 0 radical (unpaired) electrons. The maximum atomic E-state index is 14.2. The lowest BCUT2D eigenvalue weighted by atomic mass is 10.0. The number of halogens is 2. The molecule has 1 N–H and O–H groups in total. The second-order valence-electron chi connectivity index (χ2n) is 7.94. The Hall–Kier alpha value is -4.34. The molecule has 0 bridgehead atoms. The van der Waals surface area contributed by atoms with E-state index in [-0.39, 0.29) is 17.3 Å². The smallest absolute Gasteiger partial charge is 0.322 e. The van der Waals surface area contributed by atoms with Gasteiger partial charge in [0.05, 0.1) is 4.92 Å². The molecule has 34 heavy (non-hydrogen) atoms. The molecule has 2 amide bonds. The van der Waals surface area contributed by atoms with Gasteiger partial charge >= 0.3 is 6.03 Å². The Morgan fingerprint density at radius 2 is 1.91 bits per heavy atom. The van der Waals surface area contributed by atoms with Crippen LogP contribution >= 0.6 is 0 Å². The maximum Gasteiger partial charge on any atom is 0.322 e. The van der Waals surface area contributed by atoms with Crippen molar-refractivity contribution in [3.8, 4) is 11.1 Å². The zero-order chi connectivity index (χ0) is 23.8. The Balaban J connectivity index is 1.37. The Kier molecular flexibility index (Phi) is 5.40. The number of urea groups is 1. The Morgan fingerprint density at radius 3 is 2.65 bits per heavy atom. The molecule has 5 rings (SSSR count). The van der Waals surface area contributed by atoms with Crippen molar-refractivity contribution >= 4 is 28.5 Å². The average molecular weight is 464 g/mol. The second-order valence-corrected chi connectivity index (χ2v) is 7.94. The fourth-order valence-electron chi connectivity index (χ4n) is 4.11.